The average molecular weight is 595 g/mol. The predicted octanol–water partition coefficient (Wildman–Crippen LogP) is 5.12. The number of nitrogens with zero attached hydrogens (tertiary/aromatic N) is 4. The number of β-amino-alcohol motifs (C(OH)–C–C–N with tert-alkyl or cyclic N) is 1. The van der Waals surface area contributed by atoms with Crippen molar-refractivity contribution in [2.24, 2.45) is 12.0 Å². The number of aryl methyl sites for hydroxylation is 2. The van der Waals surface area contributed by atoms with Gasteiger partial charge in [0.05, 0.1) is 33.6 Å². The highest BCUT2D eigenvalue weighted by Crippen LogP contribution is 2.36. The largest absolute Gasteiger partial charge is 0.494 e. The molecule has 2 fully saturated rings. The van der Waals surface area contributed by atoms with Crippen molar-refractivity contribution in [2.75, 3.05) is 32.7 Å². The molecule has 1 aromatic heterocycles. The van der Waals surface area contributed by atoms with E-state index in [4.69, 9.17) is 4.99 Å². The Morgan fingerprint density at radius 2 is 1.57 bits per heavy atom. The number of fused-ring (bicyclic) bond motifs is 1. The predicted molar refractivity (Wildman–Crippen MR) is 170 cm³/mol. The zero-order valence-electron chi connectivity index (χ0n) is 25.2. The van der Waals surface area contributed by atoms with Crippen LogP contribution in [-0.4, -0.2) is 85.6 Å². The summed E-state index contributed by atoms with van der Waals surface area (Å²) in [7, 11) is 1.69. The van der Waals surface area contributed by atoms with Gasteiger partial charge in [0, 0.05) is 43.2 Å². The first-order valence-electron chi connectivity index (χ1n) is 15.2. The number of aromatic nitrogens is 1. The van der Waals surface area contributed by atoms with E-state index in [9.17, 15) is 24.9 Å². The van der Waals surface area contributed by atoms with E-state index in [1.165, 1.54) is 12.8 Å². The van der Waals surface area contributed by atoms with E-state index in [0.29, 0.717) is 71.5 Å². The maximum atomic E-state index is 13.4. The smallest absolute Gasteiger partial charge is 0.336 e. The Bertz CT molecular complexity index is 1730. The second kappa shape index (κ2) is 11.9. The van der Waals surface area contributed by atoms with Gasteiger partial charge < -0.3 is 29.7 Å². The maximum Gasteiger partial charge on any atom is 0.336 e. The number of carbonyl (C=O) groups excluding carboxylic acids is 1. The molecular formula is C35H38N4O5. The van der Waals surface area contributed by atoms with Crippen LogP contribution in [0.5, 0.6) is 5.88 Å². The fourth-order valence-corrected chi connectivity index (χ4v) is 6.53. The van der Waals surface area contributed by atoms with Crippen molar-refractivity contribution in [1.29, 1.82) is 0 Å². The molecule has 0 unspecified atom stereocenters. The van der Waals surface area contributed by atoms with Crippen molar-refractivity contribution >= 4 is 34.2 Å². The van der Waals surface area contributed by atoms with Crippen LogP contribution in [-0.2, 0) is 7.05 Å². The van der Waals surface area contributed by atoms with Crippen LogP contribution in [0.3, 0.4) is 0 Å². The molecule has 3 aromatic carbocycles. The maximum absolute atomic E-state index is 13.4. The quantitative estimate of drug-likeness (QED) is 0.256. The minimum atomic E-state index is -1.03. The number of hydrogen-bond acceptors (Lipinski definition) is 6. The molecule has 9 nitrogen and oxygen atoms in total. The number of hydrogen-bond donors (Lipinski definition) is 3. The lowest BCUT2D eigenvalue weighted by molar-refractivity contribution is -0.0367. The Kier molecular flexibility index (Phi) is 8.00. The molecule has 2 aliphatic rings. The number of likely N-dealkylation sites (tertiary alicyclic amines) is 2. The molecule has 3 N–H and O–H groups in total. The number of aromatic hydroxyl groups is 1. The monoisotopic (exact) mass is 594 g/mol. The van der Waals surface area contributed by atoms with E-state index < -0.39 is 11.6 Å². The molecule has 0 atom stereocenters. The summed E-state index contributed by atoms with van der Waals surface area (Å²) in [6.07, 6.45) is 3.51. The number of amides is 1. The van der Waals surface area contributed by atoms with Gasteiger partial charge in [0.1, 0.15) is 0 Å². The molecule has 0 spiro atoms. The van der Waals surface area contributed by atoms with Crippen LogP contribution in [0.15, 0.2) is 71.7 Å². The van der Waals surface area contributed by atoms with Crippen LogP contribution in [0.4, 0.5) is 5.69 Å². The van der Waals surface area contributed by atoms with Crippen LogP contribution in [0.2, 0.25) is 0 Å². The molecule has 2 aliphatic heterocycles. The van der Waals surface area contributed by atoms with Gasteiger partial charge in [-0.3, -0.25) is 4.79 Å². The van der Waals surface area contributed by atoms with E-state index in [-0.39, 0.29) is 17.4 Å². The number of carbonyl (C=O) groups is 2. The SMILES string of the molecule is Cc1cc2c(C(=Nc3ccc(C(=O)N4CCC(O)(CN5CCCC5)CC4)cc3)c3ccccc3)c(O)n(C)c2cc1C(=O)O. The molecule has 44 heavy (non-hydrogen) atoms. The van der Waals surface area contributed by atoms with Crippen LogP contribution in [0.1, 0.15) is 63.1 Å². The molecule has 228 valence electrons. The number of aliphatic hydroxyl groups is 1. The highest BCUT2D eigenvalue weighted by Gasteiger charge is 2.36. The lowest BCUT2D eigenvalue weighted by Gasteiger charge is -2.40. The molecule has 6 rings (SSSR count). The van der Waals surface area contributed by atoms with Gasteiger partial charge in [-0.05, 0) is 87.7 Å². The number of aliphatic imine (C=N–C) groups is 1. The lowest BCUT2D eigenvalue weighted by atomic mass is 9.90. The highest BCUT2D eigenvalue weighted by molar-refractivity contribution is 6.22. The van der Waals surface area contributed by atoms with Crippen LogP contribution in [0, 0.1) is 6.92 Å². The second-order valence-electron chi connectivity index (χ2n) is 12.1. The molecule has 0 radical (unpaired) electrons. The Hall–Kier alpha value is -4.47. The third kappa shape index (κ3) is 5.73. The normalized spacial score (nSPS) is 17.3. The zero-order chi connectivity index (χ0) is 31.0. The van der Waals surface area contributed by atoms with Crippen molar-refractivity contribution in [3.63, 3.8) is 0 Å². The number of piperidine rings is 1. The summed E-state index contributed by atoms with van der Waals surface area (Å²) in [5.74, 6) is -1.12. The molecular weight excluding hydrogens is 556 g/mol. The number of carboxylic acid groups (broad SMARTS) is 1. The number of aromatic carboxylic acids is 1. The van der Waals surface area contributed by atoms with Gasteiger partial charge in [0.25, 0.3) is 5.91 Å². The average Bonchev–Trinajstić information content (AvgIpc) is 3.61. The van der Waals surface area contributed by atoms with Gasteiger partial charge in [-0.1, -0.05) is 30.3 Å². The van der Waals surface area contributed by atoms with Crippen molar-refractivity contribution in [3.05, 3.63) is 94.5 Å². The van der Waals surface area contributed by atoms with Crippen molar-refractivity contribution < 1.29 is 24.9 Å². The molecule has 2 saturated heterocycles. The summed E-state index contributed by atoms with van der Waals surface area (Å²) in [4.78, 5) is 34.2. The molecule has 0 aliphatic carbocycles. The third-order valence-corrected chi connectivity index (χ3v) is 9.08. The number of carboxylic acids is 1. The van der Waals surface area contributed by atoms with Crippen molar-refractivity contribution in [3.8, 4) is 5.88 Å². The fourth-order valence-electron chi connectivity index (χ4n) is 6.53. The fraction of sp³-hybridized carbons (Fsp3) is 0.343. The highest BCUT2D eigenvalue weighted by atomic mass is 16.4. The van der Waals surface area contributed by atoms with E-state index in [0.717, 1.165) is 18.7 Å². The molecule has 9 heteroatoms. The standard InChI is InChI=1S/C35H38N4O5/c1-23-20-28-29(21-27(23)34(42)43)37(2)33(41)30(28)31(24-8-4-3-5-9-24)36-26-12-10-25(11-13-26)32(40)39-18-14-35(44,15-19-39)22-38-16-6-7-17-38/h3-5,8-13,20-21,41,44H,6-7,14-19,22H2,1-2H3,(H,42,43). The summed E-state index contributed by atoms with van der Waals surface area (Å²) in [5, 5.41) is 32.8. The van der Waals surface area contributed by atoms with Crippen LogP contribution < -0.4 is 0 Å². The molecule has 1 amide bonds. The van der Waals surface area contributed by atoms with E-state index in [1.54, 1.807) is 54.9 Å². The Morgan fingerprint density at radius 1 is 0.909 bits per heavy atom. The van der Waals surface area contributed by atoms with Crippen LogP contribution >= 0.6 is 0 Å². The summed E-state index contributed by atoms with van der Waals surface area (Å²) in [5.41, 5.74) is 3.58. The molecule has 0 bridgehead atoms. The first-order valence-corrected chi connectivity index (χ1v) is 15.2. The molecule has 3 heterocycles. The molecule has 0 saturated carbocycles. The van der Waals surface area contributed by atoms with Gasteiger partial charge in [-0.2, -0.15) is 0 Å². The van der Waals surface area contributed by atoms with Gasteiger partial charge in [-0.15, -0.1) is 0 Å². The van der Waals surface area contributed by atoms with Gasteiger partial charge in [-0.25, -0.2) is 9.79 Å². The van der Waals surface area contributed by atoms with Gasteiger partial charge in [0.2, 0.25) is 5.88 Å². The van der Waals surface area contributed by atoms with Gasteiger partial charge >= 0.3 is 5.97 Å². The topological polar surface area (TPSA) is 119 Å². The Morgan fingerprint density at radius 3 is 2.20 bits per heavy atom. The number of rotatable bonds is 7. The first-order chi connectivity index (χ1) is 21.1. The Balaban J connectivity index is 1.28. The summed E-state index contributed by atoms with van der Waals surface area (Å²) >= 11 is 0. The summed E-state index contributed by atoms with van der Waals surface area (Å²) in [6, 6.07) is 20.0. The molecule has 4 aromatic rings. The lowest BCUT2D eigenvalue weighted by Crippen LogP contribution is -2.51. The van der Waals surface area contributed by atoms with E-state index >= 15 is 0 Å². The second-order valence-corrected chi connectivity index (χ2v) is 12.1. The summed E-state index contributed by atoms with van der Waals surface area (Å²) < 4.78 is 1.57. The van der Waals surface area contributed by atoms with E-state index in [1.807, 2.05) is 35.2 Å². The van der Waals surface area contributed by atoms with Crippen molar-refractivity contribution in [2.45, 2.75) is 38.2 Å². The van der Waals surface area contributed by atoms with Crippen LogP contribution in [0.25, 0.3) is 10.9 Å². The minimum Gasteiger partial charge on any atom is -0.494 e. The first kappa shape index (κ1) is 29.6. The van der Waals surface area contributed by atoms with E-state index in [2.05, 4.69) is 4.90 Å². The summed E-state index contributed by atoms with van der Waals surface area (Å²) in [6.45, 7) is 5.53. The van der Waals surface area contributed by atoms with Crippen molar-refractivity contribution in [1.82, 2.24) is 14.4 Å². The van der Waals surface area contributed by atoms with Gasteiger partial charge in [0.15, 0.2) is 0 Å². The minimum absolute atomic E-state index is 0.0221. The third-order valence-electron chi connectivity index (χ3n) is 9.08. The number of benzene rings is 3. The Labute approximate surface area is 256 Å². The zero-order valence-corrected chi connectivity index (χ0v) is 25.2.